The number of carboxylic acid groups (broad SMARTS) is 1. The van der Waals surface area contributed by atoms with Crippen LogP contribution in [0, 0.1) is 3.57 Å². The molecule has 0 bridgehead atoms. The summed E-state index contributed by atoms with van der Waals surface area (Å²) in [7, 11) is 0. The molecule has 0 saturated heterocycles. The van der Waals surface area contributed by atoms with Gasteiger partial charge >= 0.3 is 5.97 Å². The maximum absolute atomic E-state index is 10.4. The first-order valence-electron chi connectivity index (χ1n) is 4.47. The zero-order valence-electron chi connectivity index (χ0n) is 8.33. The fraction of sp³-hybridized carbons (Fsp3) is 0.182. The van der Waals surface area contributed by atoms with Gasteiger partial charge in [-0.1, -0.05) is 0 Å². The van der Waals surface area contributed by atoms with Crippen LogP contribution < -0.4 is 5.32 Å². The van der Waals surface area contributed by atoms with Crippen LogP contribution in [0.2, 0.25) is 0 Å². The Labute approximate surface area is 102 Å². The lowest BCUT2D eigenvalue weighted by molar-refractivity contribution is -0.131. The standard InChI is InChI=1S/C11H12INO2/c1-8(6-11(14)15)7-13-10-4-2-9(12)3-5-10/h2-6,13H,7H2,1H3,(H,14,15)/b8-6-. The Morgan fingerprint density at radius 3 is 2.60 bits per heavy atom. The largest absolute Gasteiger partial charge is 0.478 e. The number of halogens is 1. The molecule has 0 radical (unpaired) electrons. The number of aliphatic carboxylic acids is 1. The monoisotopic (exact) mass is 317 g/mol. The van der Waals surface area contributed by atoms with Crippen molar-refractivity contribution in [2.45, 2.75) is 6.92 Å². The second kappa shape index (κ2) is 5.75. The number of carboxylic acids is 1. The highest BCUT2D eigenvalue weighted by molar-refractivity contribution is 14.1. The Morgan fingerprint density at radius 1 is 1.47 bits per heavy atom. The lowest BCUT2D eigenvalue weighted by Crippen LogP contribution is -2.04. The predicted octanol–water partition coefficient (Wildman–Crippen LogP) is 2.73. The van der Waals surface area contributed by atoms with Crippen molar-refractivity contribution in [2.75, 3.05) is 11.9 Å². The molecular weight excluding hydrogens is 305 g/mol. The molecule has 80 valence electrons. The molecule has 0 aromatic heterocycles. The van der Waals surface area contributed by atoms with Gasteiger partial charge in [-0.05, 0) is 59.4 Å². The maximum atomic E-state index is 10.4. The summed E-state index contributed by atoms with van der Waals surface area (Å²) in [6, 6.07) is 7.93. The predicted molar refractivity (Wildman–Crippen MR) is 69.0 cm³/mol. The van der Waals surface area contributed by atoms with Crippen molar-refractivity contribution in [1.29, 1.82) is 0 Å². The lowest BCUT2D eigenvalue weighted by Gasteiger charge is -2.05. The molecule has 0 aliphatic carbocycles. The fourth-order valence-corrected chi connectivity index (χ4v) is 1.43. The summed E-state index contributed by atoms with van der Waals surface area (Å²) < 4.78 is 1.18. The molecule has 1 aromatic rings. The van der Waals surface area contributed by atoms with E-state index in [0.717, 1.165) is 11.3 Å². The van der Waals surface area contributed by atoms with Crippen LogP contribution in [0.5, 0.6) is 0 Å². The van der Waals surface area contributed by atoms with Crippen molar-refractivity contribution < 1.29 is 9.90 Å². The van der Waals surface area contributed by atoms with E-state index in [2.05, 4.69) is 27.9 Å². The van der Waals surface area contributed by atoms with Crippen LogP contribution in [0.15, 0.2) is 35.9 Å². The minimum atomic E-state index is -0.906. The van der Waals surface area contributed by atoms with E-state index in [9.17, 15) is 4.79 Å². The van der Waals surface area contributed by atoms with Gasteiger partial charge in [-0.2, -0.15) is 0 Å². The van der Waals surface area contributed by atoms with E-state index in [-0.39, 0.29) is 0 Å². The van der Waals surface area contributed by atoms with Crippen molar-refractivity contribution in [2.24, 2.45) is 0 Å². The van der Waals surface area contributed by atoms with Crippen molar-refractivity contribution in [1.82, 2.24) is 0 Å². The van der Waals surface area contributed by atoms with Crippen LogP contribution in [-0.2, 0) is 4.79 Å². The number of hydrogen-bond acceptors (Lipinski definition) is 2. The molecule has 15 heavy (non-hydrogen) atoms. The van der Waals surface area contributed by atoms with Gasteiger partial charge in [-0.25, -0.2) is 4.79 Å². The quantitative estimate of drug-likeness (QED) is 0.663. The zero-order chi connectivity index (χ0) is 11.3. The summed E-state index contributed by atoms with van der Waals surface area (Å²) in [4.78, 5) is 10.4. The molecule has 2 N–H and O–H groups in total. The molecule has 0 aliphatic heterocycles. The maximum Gasteiger partial charge on any atom is 0.328 e. The molecule has 0 saturated carbocycles. The Bertz CT molecular complexity index is 371. The molecule has 0 atom stereocenters. The number of nitrogens with one attached hydrogen (secondary N) is 1. The van der Waals surface area contributed by atoms with Gasteiger partial charge in [0.05, 0.1) is 0 Å². The van der Waals surface area contributed by atoms with Gasteiger partial charge < -0.3 is 10.4 Å². The smallest absolute Gasteiger partial charge is 0.328 e. The first kappa shape index (κ1) is 12.0. The van der Waals surface area contributed by atoms with Crippen molar-refractivity contribution >= 4 is 34.2 Å². The molecule has 0 amide bonds. The van der Waals surface area contributed by atoms with E-state index in [1.54, 1.807) is 6.92 Å². The van der Waals surface area contributed by atoms with Gasteiger partial charge in [0, 0.05) is 21.9 Å². The van der Waals surface area contributed by atoms with E-state index in [1.807, 2.05) is 24.3 Å². The van der Waals surface area contributed by atoms with Crippen molar-refractivity contribution in [3.05, 3.63) is 39.5 Å². The second-order valence-corrected chi connectivity index (χ2v) is 4.44. The third-order valence-corrected chi connectivity index (χ3v) is 2.50. The minimum absolute atomic E-state index is 0.549. The number of carbonyl (C=O) groups is 1. The first-order chi connectivity index (χ1) is 7.08. The molecule has 0 aliphatic rings. The van der Waals surface area contributed by atoms with Crippen molar-refractivity contribution in [3.63, 3.8) is 0 Å². The number of benzene rings is 1. The molecule has 0 heterocycles. The van der Waals surface area contributed by atoms with E-state index >= 15 is 0 Å². The number of anilines is 1. The molecule has 0 spiro atoms. The van der Waals surface area contributed by atoms with Gasteiger partial charge in [-0.15, -0.1) is 0 Å². The SMILES string of the molecule is C/C(=C/C(=O)O)CNc1ccc(I)cc1. The Morgan fingerprint density at radius 2 is 2.07 bits per heavy atom. The normalized spacial score (nSPS) is 11.2. The average Bonchev–Trinajstić information content (AvgIpc) is 2.16. The zero-order valence-corrected chi connectivity index (χ0v) is 10.5. The Kier molecular flexibility index (Phi) is 4.61. The number of hydrogen-bond donors (Lipinski definition) is 2. The molecule has 0 fully saturated rings. The van der Waals surface area contributed by atoms with Crippen LogP contribution in [0.25, 0.3) is 0 Å². The molecule has 1 aromatic carbocycles. The molecule has 4 heteroatoms. The lowest BCUT2D eigenvalue weighted by atomic mass is 10.2. The first-order valence-corrected chi connectivity index (χ1v) is 5.55. The Balaban J connectivity index is 2.50. The van der Waals surface area contributed by atoms with Gasteiger partial charge in [-0.3, -0.25) is 0 Å². The average molecular weight is 317 g/mol. The number of rotatable bonds is 4. The third-order valence-electron chi connectivity index (χ3n) is 1.79. The molecule has 1 rings (SSSR count). The topological polar surface area (TPSA) is 49.3 Å². The highest BCUT2D eigenvalue weighted by atomic mass is 127. The van der Waals surface area contributed by atoms with Crippen molar-refractivity contribution in [3.8, 4) is 0 Å². The second-order valence-electron chi connectivity index (χ2n) is 3.19. The van der Waals surface area contributed by atoms with Crippen LogP contribution in [0.1, 0.15) is 6.92 Å². The van der Waals surface area contributed by atoms with Crippen LogP contribution >= 0.6 is 22.6 Å². The third kappa shape index (κ3) is 4.83. The summed E-state index contributed by atoms with van der Waals surface area (Å²) in [5.74, 6) is -0.906. The van der Waals surface area contributed by atoms with E-state index in [0.29, 0.717) is 6.54 Å². The van der Waals surface area contributed by atoms with Gasteiger partial charge in [0.2, 0.25) is 0 Å². The molecule has 3 nitrogen and oxygen atoms in total. The van der Waals surface area contributed by atoms with E-state index in [4.69, 9.17) is 5.11 Å². The highest BCUT2D eigenvalue weighted by Crippen LogP contribution is 2.11. The van der Waals surface area contributed by atoms with Crippen LogP contribution in [0.3, 0.4) is 0 Å². The summed E-state index contributed by atoms with van der Waals surface area (Å²) in [5, 5.41) is 11.7. The van der Waals surface area contributed by atoms with Crippen LogP contribution in [-0.4, -0.2) is 17.6 Å². The Hall–Kier alpha value is -1.04. The summed E-state index contributed by atoms with van der Waals surface area (Å²) in [6.45, 7) is 2.33. The van der Waals surface area contributed by atoms with E-state index < -0.39 is 5.97 Å². The van der Waals surface area contributed by atoms with Crippen LogP contribution in [0.4, 0.5) is 5.69 Å². The summed E-state index contributed by atoms with van der Waals surface area (Å²) >= 11 is 2.24. The van der Waals surface area contributed by atoms with Gasteiger partial charge in [0.1, 0.15) is 0 Å². The fourth-order valence-electron chi connectivity index (χ4n) is 1.07. The molecule has 0 unspecified atom stereocenters. The summed E-state index contributed by atoms with van der Waals surface area (Å²) in [5.41, 5.74) is 1.79. The highest BCUT2D eigenvalue weighted by Gasteiger charge is 1.95. The van der Waals surface area contributed by atoms with Gasteiger partial charge in [0.15, 0.2) is 0 Å². The summed E-state index contributed by atoms with van der Waals surface area (Å²) in [6.07, 6.45) is 1.21. The van der Waals surface area contributed by atoms with E-state index in [1.165, 1.54) is 9.65 Å². The minimum Gasteiger partial charge on any atom is -0.478 e. The molecular formula is C11H12INO2. The van der Waals surface area contributed by atoms with Gasteiger partial charge in [0.25, 0.3) is 0 Å².